The summed E-state index contributed by atoms with van der Waals surface area (Å²) in [5, 5.41) is 9.25. The second kappa shape index (κ2) is 5.26. The van der Waals surface area contributed by atoms with Crippen molar-refractivity contribution >= 4 is 15.9 Å². The molecule has 4 rings (SSSR count). The van der Waals surface area contributed by atoms with E-state index in [1.807, 2.05) is 36.4 Å². The van der Waals surface area contributed by atoms with Gasteiger partial charge in [-0.05, 0) is 33.6 Å². The lowest BCUT2D eigenvalue weighted by Gasteiger charge is -2.21. The monoisotopic (exact) mass is 356 g/mol. The summed E-state index contributed by atoms with van der Waals surface area (Å²) in [7, 11) is 0. The van der Waals surface area contributed by atoms with E-state index in [0.29, 0.717) is 6.73 Å². The number of halogens is 1. The Bertz CT molecular complexity index is 843. The predicted molar refractivity (Wildman–Crippen MR) is 87.3 cm³/mol. The molecule has 0 aliphatic carbocycles. The smallest absolute Gasteiger partial charge is 0.167 e. The van der Waals surface area contributed by atoms with E-state index in [1.54, 1.807) is 0 Å². The van der Waals surface area contributed by atoms with Crippen molar-refractivity contribution in [2.45, 2.75) is 13.3 Å². The highest BCUT2D eigenvalue weighted by Gasteiger charge is 2.24. The van der Waals surface area contributed by atoms with Crippen molar-refractivity contribution in [3.63, 3.8) is 0 Å². The van der Waals surface area contributed by atoms with Gasteiger partial charge in [-0.2, -0.15) is 0 Å². The molecule has 5 heteroatoms. The third kappa shape index (κ3) is 2.05. The summed E-state index contributed by atoms with van der Waals surface area (Å²) >= 11 is 3.57. The van der Waals surface area contributed by atoms with Crippen LogP contribution in [0.4, 0.5) is 0 Å². The van der Waals surface area contributed by atoms with E-state index in [4.69, 9.17) is 4.74 Å². The number of benzene rings is 2. The fourth-order valence-electron chi connectivity index (χ4n) is 2.73. The topological polar surface area (TPSA) is 47.3 Å². The maximum Gasteiger partial charge on any atom is 0.167 e. The van der Waals surface area contributed by atoms with E-state index < -0.39 is 0 Å². The van der Waals surface area contributed by atoms with Gasteiger partial charge >= 0.3 is 0 Å². The number of nitrogens with zero attached hydrogens (tertiary/aromatic N) is 2. The number of aliphatic hydroxyl groups is 1. The fourth-order valence-corrected chi connectivity index (χ4v) is 3.34. The molecule has 0 unspecified atom stereocenters. The SMILES string of the molecule is OCc1ccc2c(c1)OCn1c-2nc(Br)c1-c1ccccc1. The number of aliphatic hydroxyl groups excluding tert-OH is 1. The van der Waals surface area contributed by atoms with Crippen molar-refractivity contribution in [1.29, 1.82) is 0 Å². The van der Waals surface area contributed by atoms with E-state index in [-0.39, 0.29) is 6.61 Å². The fraction of sp³-hybridized carbons (Fsp3) is 0.118. The highest BCUT2D eigenvalue weighted by atomic mass is 79.9. The van der Waals surface area contributed by atoms with Crippen LogP contribution in [0, 0.1) is 0 Å². The van der Waals surface area contributed by atoms with Gasteiger partial charge in [-0.3, -0.25) is 4.57 Å². The molecule has 4 nitrogen and oxygen atoms in total. The van der Waals surface area contributed by atoms with E-state index in [0.717, 1.165) is 38.6 Å². The van der Waals surface area contributed by atoms with Gasteiger partial charge in [0, 0.05) is 5.56 Å². The Labute approximate surface area is 136 Å². The number of fused-ring (bicyclic) bond motifs is 3. The summed E-state index contributed by atoms with van der Waals surface area (Å²) in [4.78, 5) is 4.66. The Morgan fingerprint density at radius 1 is 1.18 bits per heavy atom. The van der Waals surface area contributed by atoms with Crippen LogP contribution in [-0.2, 0) is 13.3 Å². The van der Waals surface area contributed by atoms with E-state index in [9.17, 15) is 5.11 Å². The quantitative estimate of drug-likeness (QED) is 0.759. The second-order valence-electron chi connectivity index (χ2n) is 5.13. The van der Waals surface area contributed by atoms with Gasteiger partial charge in [-0.25, -0.2) is 4.98 Å². The molecule has 1 aliphatic heterocycles. The Hall–Kier alpha value is -2.11. The zero-order valence-corrected chi connectivity index (χ0v) is 13.2. The van der Waals surface area contributed by atoms with Crippen molar-refractivity contribution in [3.8, 4) is 28.4 Å². The Morgan fingerprint density at radius 2 is 2.00 bits per heavy atom. The average molecular weight is 357 g/mol. The van der Waals surface area contributed by atoms with Crippen LogP contribution in [0.15, 0.2) is 53.1 Å². The summed E-state index contributed by atoms with van der Waals surface area (Å²) in [6, 6.07) is 15.8. The summed E-state index contributed by atoms with van der Waals surface area (Å²) in [5.41, 5.74) is 3.87. The maximum absolute atomic E-state index is 9.25. The number of rotatable bonds is 2. The zero-order valence-electron chi connectivity index (χ0n) is 11.7. The Balaban J connectivity index is 1.90. The highest BCUT2D eigenvalue weighted by molar-refractivity contribution is 9.10. The summed E-state index contributed by atoms with van der Waals surface area (Å²) < 4.78 is 8.72. The van der Waals surface area contributed by atoms with Gasteiger partial charge in [0.15, 0.2) is 6.73 Å². The molecule has 1 aromatic heterocycles. The number of imidazole rings is 1. The van der Waals surface area contributed by atoms with Crippen LogP contribution >= 0.6 is 15.9 Å². The summed E-state index contributed by atoms with van der Waals surface area (Å²) in [6.07, 6.45) is 0. The van der Waals surface area contributed by atoms with Crippen molar-refractivity contribution < 1.29 is 9.84 Å². The lowest BCUT2D eigenvalue weighted by atomic mass is 10.1. The maximum atomic E-state index is 9.25. The van der Waals surface area contributed by atoms with Crippen LogP contribution in [0.1, 0.15) is 5.56 Å². The molecule has 0 spiro atoms. The Morgan fingerprint density at radius 3 is 2.77 bits per heavy atom. The number of hydrogen-bond donors (Lipinski definition) is 1. The minimum Gasteiger partial charge on any atom is -0.472 e. The molecular weight excluding hydrogens is 344 g/mol. The lowest BCUT2D eigenvalue weighted by Crippen LogP contribution is -2.14. The number of aromatic nitrogens is 2. The van der Waals surface area contributed by atoms with E-state index >= 15 is 0 Å². The van der Waals surface area contributed by atoms with Gasteiger partial charge in [0.1, 0.15) is 16.2 Å². The number of hydrogen-bond acceptors (Lipinski definition) is 3. The van der Waals surface area contributed by atoms with Gasteiger partial charge in [-0.15, -0.1) is 0 Å². The lowest BCUT2D eigenvalue weighted by molar-refractivity contribution is 0.229. The van der Waals surface area contributed by atoms with Crippen LogP contribution < -0.4 is 4.74 Å². The van der Waals surface area contributed by atoms with Crippen LogP contribution in [-0.4, -0.2) is 14.7 Å². The van der Waals surface area contributed by atoms with Crippen LogP contribution in [0.25, 0.3) is 22.6 Å². The van der Waals surface area contributed by atoms with Crippen LogP contribution in [0.2, 0.25) is 0 Å². The average Bonchev–Trinajstić information content (AvgIpc) is 2.91. The first-order valence-electron chi connectivity index (χ1n) is 6.96. The molecule has 0 saturated carbocycles. The zero-order chi connectivity index (χ0) is 15.1. The molecule has 3 aromatic rings. The van der Waals surface area contributed by atoms with Gasteiger partial charge in [0.2, 0.25) is 0 Å². The van der Waals surface area contributed by atoms with E-state index in [1.165, 1.54) is 0 Å². The van der Waals surface area contributed by atoms with Gasteiger partial charge in [0.25, 0.3) is 0 Å². The molecule has 0 saturated heterocycles. The molecule has 0 atom stereocenters. The standard InChI is InChI=1S/C17H13BrN2O2/c18-16-15(12-4-2-1-3-5-12)20-10-22-14-8-11(9-21)6-7-13(14)17(20)19-16/h1-8,21H,9-10H2. The molecule has 2 aromatic carbocycles. The van der Waals surface area contributed by atoms with E-state index in [2.05, 4.69) is 37.6 Å². The van der Waals surface area contributed by atoms with Crippen molar-refractivity contribution in [3.05, 3.63) is 58.7 Å². The molecule has 1 aliphatic rings. The largest absolute Gasteiger partial charge is 0.472 e. The van der Waals surface area contributed by atoms with Crippen molar-refractivity contribution in [2.75, 3.05) is 0 Å². The third-order valence-electron chi connectivity index (χ3n) is 3.79. The first kappa shape index (κ1) is 13.5. The van der Waals surface area contributed by atoms with Crippen molar-refractivity contribution in [1.82, 2.24) is 9.55 Å². The minimum absolute atomic E-state index is 0.00401. The molecular formula is C17H13BrN2O2. The molecule has 0 radical (unpaired) electrons. The van der Waals surface area contributed by atoms with Gasteiger partial charge in [0.05, 0.1) is 17.9 Å². The second-order valence-corrected chi connectivity index (χ2v) is 5.88. The van der Waals surface area contributed by atoms with Gasteiger partial charge < -0.3 is 9.84 Å². The normalized spacial score (nSPS) is 12.5. The van der Waals surface area contributed by atoms with Crippen LogP contribution in [0.5, 0.6) is 5.75 Å². The van der Waals surface area contributed by atoms with Crippen LogP contribution in [0.3, 0.4) is 0 Å². The first-order chi connectivity index (χ1) is 10.8. The third-order valence-corrected chi connectivity index (χ3v) is 4.34. The molecule has 22 heavy (non-hydrogen) atoms. The molecule has 0 bridgehead atoms. The molecule has 1 N–H and O–H groups in total. The first-order valence-corrected chi connectivity index (χ1v) is 7.75. The predicted octanol–water partition coefficient (Wildman–Crippen LogP) is 3.82. The number of ether oxygens (including phenoxy) is 1. The molecule has 110 valence electrons. The summed E-state index contributed by atoms with van der Waals surface area (Å²) in [5.74, 6) is 1.63. The minimum atomic E-state index is 0.00401. The van der Waals surface area contributed by atoms with Crippen molar-refractivity contribution in [2.24, 2.45) is 0 Å². The molecule has 0 fully saturated rings. The molecule has 2 heterocycles. The van der Waals surface area contributed by atoms with Gasteiger partial charge in [-0.1, -0.05) is 36.4 Å². The highest BCUT2D eigenvalue weighted by Crippen LogP contribution is 2.40. The molecule has 0 amide bonds. The summed E-state index contributed by atoms with van der Waals surface area (Å²) in [6.45, 7) is 0.407. The Kier molecular flexibility index (Phi) is 3.24.